The molecule has 0 aromatic carbocycles. The molecule has 0 heterocycles. The summed E-state index contributed by atoms with van der Waals surface area (Å²) in [6.45, 7) is 5.39. The molecule has 0 fully saturated rings. The summed E-state index contributed by atoms with van der Waals surface area (Å²) in [4.78, 5) is 11.0. The third-order valence-electron chi connectivity index (χ3n) is 1.14. The number of hydrogen-bond donors (Lipinski definition) is 3. The number of aliphatic hydroxyl groups excluding tert-OH is 1. The molecule has 1 amide bonds. The summed E-state index contributed by atoms with van der Waals surface area (Å²) in [5.74, 6) is 0. The zero-order chi connectivity index (χ0) is 10.5. The van der Waals surface area contributed by atoms with Crippen LogP contribution in [-0.4, -0.2) is 36.0 Å². The van der Waals surface area contributed by atoms with Crippen LogP contribution in [0.15, 0.2) is 0 Å². The van der Waals surface area contributed by atoms with Gasteiger partial charge in [-0.1, -0.05) is 0 Å². The molecule has 0 aliphatic carbocycles. The van der Waals surface area contributed by atoms with Gasteiger partial charge in [0.1, 0.15) is 5.60 Å². The van der Waals surface area contributed by atoms with Crippen LogP contribution >= 0.6 is 0 Å². The third-order valence-corrected chi connectivity index (χ3v) is 1.14. The van der Waals surface area contributed by atoms with E-state index in [1.807, 2.05) is 0 Å². The smallest absolute Gasteiger partial charge is 0.407 e. The van der Waals surface area contributed by atoms with E-state index < -0.39 is 17.7 Å². The third kappa shape index (κ3) is 7.55. The predicted octanol–water partition coefficient (Wildman–Crippen LogP) is -0.169. The van der Waals surface area contributed by atoms with Gasteiger partial charge in [-0.05, 0) is 20.8 Å². The van der Waals surface area contributed by atoms with Gasteiger partial charge >= 0.3 is 6.09 Å². The number of amides is 1. The van der Waals surface area contributed by atoms with Crippen molar-refractivity contribution in [3.05, 3.63) is 0 Å². The number of rotatable bonds is 3. The van der Waals surface area contributed by atoms with Gasteiger partial charge in [0.05, 0.1) is 6.61 Å². The van der Waals surface area contributed by atoms with E-state index in [4.69, 9.17) is 15.6 Å². The fraction of sp³-hybridized carbons (Fsp3) is 0.875. The zero-order valence-corrected chi connectivity index (χ0v) is 8.33. The fourth-order valence-corrected chi connectivity index (χ4v) is 0.593. The molecule has 78 valence electrons. The first-order valence-corrected chi connectivity index (χ1v) is 4.18. The molecule has 0 aromatic rings. The Morgan fingerprint density at radius 3 is 2.54 bits per heavy atom. The van der Waals surface area contributed by atoms with Crippen molar-refractivity contribution in [3.8, 4) is 0 Å². The van der Waals surface area contributed by atoms with Crippen molar-refractivity contribution in [2.75, 3.05) is 13.2 Å². The zero-order valence-electron chi connectivity index (χ0n) is 8.33. The van der Waals surface area contributed by atoms with Crippen LogP contribution in [0.4, 0.5) is 4.79 Å². The molecule has 0 spiro atoms. The first-order valence-electron chi connectivity index (χ1n) is 4.18. The van der Waals surface area contributed by atoms with Gasteiger partial charge in [-0.3, -0.25) is 0 Å². The molecule has 0 aliphatic rings. The number of carbonyl (C=O) groups is 1. The van der Waals surface area contributed by atoms with Gasteiger partial charge < -0.3 is 20.9 Å². The number of aliphatic hydroxyl groups is 1. The van der Waals surface area contributed by atoms with Crippen molar-refractivity contribution in [2.45, 2.75) is 32.4 Å². The molecule has 1 unspecified atom stereocenters. The first-order chi connectivity index (χ1) is 5.85. The Kier molecular flexibility index (Phi) is 4.72. The number of alkyl carbamates (subject to hydrolysis) is 1. The minimum absolute atomic E-state index is 0.157. The van der Waals surface area contributed by atoms with Crippen LogP contribution in [0.1, 0.15) is 20.8 Å². The predicted molar refractivity (Wildman–Crippen MR) is 49.3 cm³/mol. The molecular weight excluding hydrogens is 172 g/mol. The second kappa shape index (κ2) is 5.04. The maximum Gasteiger partial charge on any atom is 0.407 e. The highest BCUT2D eigenvalue weighted by Crippen LogP contribution is 2.05. The molecule has 0 rings (SSSR count). The van der Waals surface area contributed by atoms with Crippen LogP contribution in [0.5, 0.6) is 0 Å². The average molecular weight is 190 g/mol. The normalized spacial score (nSPS) is 13.6. The Bertz CT molecular complexity index is 165. The molecule has 5 heteroatoms. The molecule has 0 saturated carbocycles. The lowest BCUT2D eigenvalue weighted by atomic mass is 10.2. The van der Waals surface area contributed by atoms with Crippen molar-refractivity contribution >= 4 is 6.09 Å². The Morgan fingerprint density at radius 1 is 1.62 bits per heavy atom. The Morgan fingerprint density at radius 2 is 2.15 bits per heavy atom. The summed E-state index contributed by atoms with van der Waals surface area (Å²) in [5.41, 5.74) is 4.86. The molecule has 0 bridgehead atoms. The SMILES string of the molecule is CC(C)(C)OC(=O)NCC(N)CO. The maximum absolute atomic E-state index is 11.0. The molecule has 0 saturated heterocycles. The summed E-state index contributed by atoms with van der Waals surface area (Å²) in [7, 11) is 0. The van der Waals surface area contributed by atoms with Gasteiger partial charge in [-0.25, -0.2) is 4.79 Å². The fourth-order valence-electron chi connectivity index (χ4n) is 0.593. The van der Waals surface area contributed by atoms with Crippen LogP contribution in [0.25, 0.3) is 0 Å². The van der Waals surface area contributed by atoms with Gasteiger partial charge in [0.15, 0.2) is 0 Å². The highest BCUT2D eigenvalue weighted by molar-refractivity contribution is 5.67. The van der Waals surface area contributed by atoms with Gasteiger partial charge in [0.25, 0.3) is 0 Å². The van der Waals surface area contributed by atoms with E-state index in [2.05, 4.69) is 5.32 Å². The van der Waals surface area contributed by atoms with Crippen molar-refractivity contribution < 1.29 is 14.6 Å². The van der Waals surface area contributed by atoms with Gasteiger partial charge in [-0.2, -0.15) is 0 Å². The highest BCUT2D eigenvalue weighted by atomic mass is 16.6. The second-order valence-electron chi connectivity index (χ2n) is 3.83. The summed E-state index contributed by atoms with van der Waals surface area (Å²) in [6, 6.07) is -0.437. The lowest BCUT2D eigenvalue weighted by Crippen LogP contribution is -2.41. The van der Waals surface area contributed by atoms with Crippen LogP contribution in [0.2, 0.25) is 0 Å². The molecule has 0 aliphatic heterocycles. The molecule has 5 nitrogen and oxygen atoms in total. The van der Waals surface area contributed by atoms with E-state index in [9.17, 15) is 4.79 Å². The number of nitrogens with one attached hydrogen (secondary N) is 1. The molecule has 1 atom stereocenters. The van der Waals surface area contributed by atoms with Crippen LogP contribution in [0.3, 0.4) is 0 Å². The van der Waals surface area contributed by atoms with E-state index in [0.717, 1.165) is 0 Å². The standard InChI is InChI=1S/C8H18N2O3/c1-8(2,3)13-7(12)10-4-6(9)5-11/h6,11H,4-5,9H2,1-3H3,(H,10,12). The average Bonchev–Trinajstić information content (AvgIpc) is 1.97. The molecule has 4 N–H and O–H groups in total. The maximum atomic E-state index is 11.0. The molecular formula is C8H18N2O3. The Balaban J connectivity index is 3.64. The molecule has 0 radical (unpaired) electrons. The van der Waals surface area contributed by atoms with E-state index in [1.165, 1.54) is 0 Å². The Hall–Kier alpha value is -0.810. The number of nitrogens with two attached hydrogens (primary N) is 1. The van der Waals surface area contributed by atoms with Gasteiger partial charge in [-0.15, -0.1) is 0 Å². The highest BCUT2D eigenvalue weighted by Gasteiger charge is 2.16. The Labute approximate surface area is 78.3 Å². The second-order valence-corrected chi connectivity index (χ2v) is 3.83. The monoisotopic (exact) mass is 190 g/mol. The van der Waals surface area contributed by atoms with Crippen molar-refractivity contribution in [3.63, 3.8) is 0 Å². The van der Waals surface area contributed by atoms with Crippen LogP contribution in [0, 0.1) is 0 Å². The number of carbonyl (C=O) groups excluding carboxylic acids is 1. The largest absolute Gasteiger partial charge is 0.444 e. The molecule has 0 aromatic heterocycles. The van der Waals surface area contributed by atoms with Crippen molar-refractivity contribution in [1.29, 1.82) is 0 Å². The van der Waals surface area contributed by atoms with Crippen molar-refractivity contribution in [2.24, 2.45) is 5.73 Å². The molecule has 13 heavy (non-hydrogen) atoms. The van der Waals surface area contributed by atoms with Gasteiger partial charge in [0.2, 0.25) is 0 Å². The van der Waals surface area contributed by atoms with Crippen LogP contribution in [-0.2, 0) is 4.74 Å². The summed E-state index contributed by atoms with van der Waals surface area (Å²) in [6.07, 6.45) is -0.517. The van der Waals surface area contributed by atoms with E-state index in [0.29, 0.717) is 0 Å². The first kappa shape index (κ1) is 12.2. The lowest BCUT2D eigenvalue weighted by molar-refractivity contribution is 0.0521. The van der Waals surface area contributed by atoms with E-state index in [-0.39, 0.29) is 13.2 Å². The minimum Gasteiger partial charge on any atom is -0.444 e. The van der Waals surface area contributed by atoms with Gasteiger partial charge in [0, 0.05) is 12.6 Å². The number of ether oxygens (including phenoxy) is 1. The topological polar surface area (TPSA) is 84.6 Å². The van der Waals surface area contributed by atoms with E-state index >= 15 is 0 Å². The van der Waals surface area contributed by atoms with Crippen molar-refractivity contribution in [1.82, 2.24) is 5.32 Å². The van der Waals surface area contributed by atoms with Crippen LogP contribution < -0.4 is 11.1 Å². The lowest BCUT2D eigenvalue weighted by Gasteiger charge is -2.20. The van der Waals surface area contributed by atoms with E-state index in [1.54, 1.807) is 20.8 Å². The quantitative estimate of drug-likeness (QED) is 0.577. The summed E-state index contributed by atoms with van der Waals surface area (Å²) >= 11 is 0. The number of hydrogen-bond acceptors (Lipinski definition) is 4. The summed E-state index contributed by atoms with van der Waals surface area (Å²) in [5, 5.41) is 11.0. The summed E-state index contributed by atoms with van der Waals surface area (Å²) < 4.78 is 4.95. The minimum atomic E-state index is -0.517.